The highest BCUT2D eigenvalue weighted by molar-refractivity contribution is 7.09. The van der Waals surface area contributed by atoms with Gasteiger partial charge < -0.3 is 14.8 Å². The number of ether oxygens (including phenoxy) is 2. The molecule has 8 heteroatoms. The molecule has 40 heavy (non-hydrogen) atoms. The number of rotatable bonds is 14. The van der Waals surface area contributed by atoms with Crippen LogP contribution in [-0.4, -0.2) is 42.6 Å². The summed E-state index contributed by atoms with van der Waals surface area (Å²) in [6.45, 7) is 3.61. The van der Waals surface area contributed by atoms with Crippen molar-refractivity contribution in [2.45, 2.75) is 45.3 Å². The molecule has 1 aromatic heterocycles. The molecule has 1 amide bonds. The zero-order valence-electron chi connectivity index (χ0n) is 23.2. The first kappa shape index (κ1) is 29.2. The van der Waals surface area contributed by atoms with Crippen LogP contribution in [0.4, 0.5) is 4.39 Å². The molecule has 4 rings (SSSR count). The number of aryl methyl sites for hydroxylation is 1. The van der Waals surface area contributed by atoms with Crippen LogP contribution in [0.2, 0.25) is 0 Å². The predicted molar refractivity (Wildman–Crippen MR) is 158 cm³/mol. The van der Waals surface area contributed by atoms with Gasteiger partial charge in [0.15, 0.2) is 11.5 Å². The molecule has 0 spiro atoms. The normalized spacial score (nSPS) is 11.8. The lowest BCUT2D eigenvalue weighted by atomic mass is 10.1. The predicted octanol–water partition coefficient (Wildman–Crippen LogP) is 6.30. The Labute approximate surface area is 239 Å². The summed E-state index contributed by atoms with van der Waals surface area (Å²) < 4.78 is 25.3. The van der Waals surface area contributed by atoms with E-state index in [1.807, 2.05) is 49.4 Å². The number of hydrogen-bond acceptors (Lipinski definition) is 6. The molecule has 0 aliphatic carbocycles. The summed E-state index contributed by atoms with van der Waals surface area (Å²) in [7, 11) is 3.23. The summed E-state index contributed by atoms with van der Waals surface area (Å²) in [5, 5.41) is 5.67. The van der Waals surface area contributed by atoms with Gasteiger partial charge >= 0.3 is 0 Å². The number of carbonyl (C=O) groups excluding carboxylic acids is 1. The SMILES string of the molecule is COc1ccc(CCN(Cc2nc(C(=O)N[C@H](C)CCc3ccccc3)cs2)Cc2ccccc2F)cc1OC. The lowest BCUT2D eigenvalue weighted by molar-refractivity contribution is 0.0933. The number of amides is 1. The van der Waals surface area contributed by atoms with E-state index in [0.717, 1.165) is 29.8 Å². The number of hydrogen-bond donors (Lipinski definition) is 1. The third-order valence-electron chi connectivity index (χ3n) is 6.75. The summed E-state index contributed by atoms with van der Waals surface area (Å²) in [5.41, 5.74) is 3.37. The van der Waals surface area contributed by atoms with Crippen molar-refractivity contribution >= 4 is 17.2 Å². The van der Waals surface area contributed by atoms with Gasteiger partial charge in [-0.2, -0.15) is 0 Å². The van der Waals surface area contributed by atoms with Gasteiger partial charge in [0, 0.05) is 30.1 Å². The smallest absolute Gasteiger partial charge is 0.270 e. The lowest BCUT2D eigenvalue weighted by Crippen LogP contribution is -2.33. The molecule has 0 aliphatic heterocycles. The van der Waals surface area contributed by atoms with Gasteiger partial charge in [-0.25, -0.2) is 9.37 Å². The zero-order valence-corrected chi connectivity index (χ0v) is 24.0. The molecule has 0 radical (unpaired) electrons. The quantitative estimate of drug-likeness (QED) is 0.196. The lowest BCUT2D eigenvalue weighted by Gasteiger charge is -2.22. The highest BCUT2D eigenvalue weighted by Crippen LogP contribution is 2.28. The minimum Gasteiger partial charge on any atom is -0.493 e. The first-order chi connectivity index (χ1) is 19.4. The van der Waals surface area contributed by atoms with E-state index in [2.05, 4.69) is 27.3 Å². The van der Waals surface area contributed by atoms with E-state index < -0.39 is 0 Å². The van der Waals surface area contributed by atoms with Crippen molar-refractivity contribution in [3.05, 3.63) is 111 Å². The second-order valence-corrected chi connectivity index (χ2v) is 10.7. The molecule has 6 nitrogen and oxygen atoms in total. The van der Waals surface area contributed by atoms with Crippen LogP contribution in [0.25, 0.3) is 0 Å². The number of nitrogens with one attached hydrogen (secondary N) is 1. The highest BCUT2D eigenvalue weighted by Gasteiger charge is 2.17. The second kappa shape index (κ2) is 14.6. The van der Waals surface area contributed by atoms with Crippen LogP contribution in [0, 0.1) is 5.82 Å². The molecule has 1 N–H and O–H groups in total. The third-order valence-corrected chi connectivity index (χ3v) is 7.58. The fourth-order valence-corrected chi connectivity index (χ4v) is 5.30. The van der Waals surface area contributed by atoms with Gasteiger partial charge in [-0.05, 0) is 55.5 Å². The van der Waals surface area contributed by atoms with Crippen molar-refractivity contribution in [3.8, 4) is 11.5 Å². The van der Waals surface area contributed by atoms with Crippen molar-refractivity contribution in [2.24, 2.45) is 0 Å². The van der Waals surface area contributed by atoms with Crippen LogP contribution in [0.3, 0.4) is 0 Å². The van der Waals surface area contributed by atoms with Gasteiger partial charge in [0.05, 0.1) is 20.8 Å². The van der Waals surface area contributed by atoms with Gasteiger partial charge in [-0.3, -0.25) is 9.69 Å². The maximum Gasteiger partial charge on any atom is 0.270 e. The molecule has 4 aromatic rings. The second-order valence-electron chi connectivity index (χ2n) is 9.77. The van der Waals surface area contributed by atoms with Crippen LogP contribution in [-0.2, 0) is 25.9 Å². The van der Waals surface area contributed by atoms with Gasteiger partial charge in [-0.1, -0.05) is 54.6 Å². The van der Waals surface area contributed by atoms with Crippen molar-refractivity contribution < 1.29 is 18.7 Å². The Morgan fingerprint density at radius 2 is 1.70 bits per heavy atom. The Hall–Kier alpha value is -3.75. The Kier molecular flexibility index (Phi) is 10.7. The van der Waals surface area contributed by atoms with Crippen LogP contribution in [0.5, 0.6) is 11.5 Å². The number of halogens is 1. The molecule has 0 bridgehead atoms. The fraction of sp³-hybridized carbons (Fsp3) is 0.312. The number of nitrogens with zero attached hydrogens (tertiary/aromatic N) is 2. The van der Waals surface area contributed by atoms with E-state index in [4.69, 9.17) is 9.47 Å². The number of methoxy groups -OCH3 is 2. The molecule has 210 valence electrons. The number of thiazole rings is 1. The molecule has 0 aliphatic rings. The van der Waals surface area contributed by atoms with Crippen molar-refractivity contribution in [3.63, 3.8) is 0 Å². The van der Waals surface area contributed by atoms with Crippen molar-refractivity contribution in [1.82, 2.24) is 15.2 Å². The van der Waals surface area contributed by atoms with Crippen LogP contribution >= 0.6 is 11.3 Å². The molecule has 1 heterocycles. The van der Waals surface area contributed by atoms with E-state index in [9.17, 15) is 9.18 Å². The molecular weight excluding hydrogens is 525 g/mol. The Balaban J connectivity index is 1.39. The summed E-state index contributed by atoms with van der Waals surface area (Å²) >= 11 is 1.45. The zero-order chi connectivity index (χ0) is 28.3. The van der Waals surface area contributed by atoms with Crippen LogP contribution in [0.15, 0.2) is 78.2 Å². The molecule has 0 saturated carbocycles. The summed E-state index contributed by atoms with van der Waals surface area (Å²) in [6.07, 6.45) is 2.47. The molecule has 0 fully saturated rings. The van der Waals surface area contributed by atoms with E-state index >= 15 is 0 Å². The summed E-state index contributed by atoms with van der Waals surface area (Å²) in [4.78, 5) is 19.6. The molecule has 0 saturated heterocycles. The fourth-order valence-electron chi connectivity index (χ4n) is 4.48. The number of carbonyl (C=O) groups is 1. The van der Waals surface area contributed by atoms with Crippen molar-refractivity contribution in [2.75, 3.05) is 20.8 Å². The highest BCUT2D eigenvalue weighted by atomic mass is 32.1. The van der Waals surface area contributed by atoms with E-state index in [1.54, 1.807) is 31.7 Å². The molecular formula is C32H36FN3O3S. The largest absolute Gasteiger partial charge is 0.493 e. The molecule has 3 aromatic carbocycles. The number of aromatic nitrogens is 1. The Morgan fingerprint density at radius 3 is 2.45 bits per heavy atom. The average Bonchev–Trinajstić information content (AvgIpc) is 3.45. The first-order valence-electron chi connectivity index (χ1n) is 13.4. The molecule has 1 atom stereocenters. The average molecular weight is 562 g/mol. The Morgan fingerprint density at radius 1 is 0.950 bits per heavy atom. The minimum atomic E-state index is -0.234. The van der Waals surface area contributed by atoms with E-state index in [1.165, 1.54) is 23.0 Å². The first-order valence-corrected chi connectivity index (χ1v) is 14.3. The third kappa shape index (κ3) is 8.37. The Bertz CT molecular complexity index is 1380. The van der Waals surface area contributed by atoms with Gasteiger partial charge in [0.1, 0.15) is 16.5 Å². The number of benzene rings is 3. The minimum absolute atomic E-state index is 0.0249. The van der Waals surface area contributed by atoms with Gasteiger partial charge in [-0.15, -0.1) is 11.3 Å². The van der Waals surface area contributed by atoms with Crippen LogP contribution < -0.4 is 14.8 Å². The van der Waals surface area contributed by atoms with Gasteiger partial charge in [0.2, 0.25) is 0 Å². The monoisotopic (exact) mass is 561 g/mol. The topological polar surface area (TPSA) is 63.7 Å². The maximum atomic E-state index is 14.5. The van der Waals surface area contributed by atoms with E-state index in [0.29, 0.717) is 42.4 Å². The standard InChI is InChI=1S/C32H36FN3O3S/c1-23(13-14-24-9-5-4-6-10-24)34-32(37)28-22-40-31(35-28)21-36(20-26-11-7-8-12-27(26)33)18-17-25-15-16-29(38-2)30(19-25)39-3/h4-12,15-16,19,22-23H,13-14,17-18,20-21H2,1-3H3,(H,34,37)/t23-/m1/s1. The van der Waals surface area contributed by atoms with Gasteiger partial charge in [0.25, 0.3) is 5.91 Å². The summed E-state index contributed by atoms with van der Waals surface area (Å²) in [5.74, 6) is 0.947. The maximum absolute atomic E-state index is 14.5. The van der Waals surface area contributed by atoms with Crippen LogP contribution in [0.1, 0.15) is 45.5 Å². The molecule has 0 unspecified atom stereocenters. The van der Waals surface area contributed by atoms with E-state index in [-0.39, 0.29) is 17.8 Å². The summed E-state index contributed by atoms with van der Waals surface area (Å²) in [6, 6.07) is 23.0. The van der Waals surface area contributed by atoms with Crippen molar-refractivity contribution in [1.29, 1.82) is 0 Å².